The molecule has 7 nitrogen and oxygen atoms in total. The summed E-state index contributed by atoms with van der Waals surface area (Å²) in [5.74, 6) is -1.53. The van der Waals surface area contributed by atoms with Crippen molar-refractivity contribution in [2.75, 3.05) is 26.8 Å². The van der Waals surface area contributed by atoms with Gasteiger partial charge in [0.25, 0.3) is 11.8 Å². The molecule has 8 heteroatoms. The molecule has 0 radical (unpaired) electrons. The van der Waals surface area contributed by atoms with Gasteiger partial charge in [-0.1, -0.05) is 12.1 Å². The summed E-state index contributed by atoms with van der Waals surface area (Å²) in [6.07, 6.45) is -0.945. The van der Waals surface area contributed by atoms with Crippen molar-refractivity contribution in [2.45, 2.75) is 13.0 Å². The monoisotopic (exact) mass is 386 g/mol. The minimum absolute atomic E-state index is 0.324. The lowest BCUT2D eigenvalue weighted by Gasteiger charge is -2.13. The van der Waals surface area contributed by atoms with E-state index in [1.54, 1.807) is 24.3 Å². The van der Waals surface area contributed by atoms with E-state index in [9.17, 15) is 14.4 Å². The molecule has 0 fully saturated rings. The minimum Gasteiger partial charge on any atom is -0.451 e. The zero-order valence-electron chi connectivity index (χ0n) is 12.9. The van der Waals surface area contributed by atoms with Gasteiger partial charge in [-0.25, -0.2) is 0 Å². The van der Waals surface area contributed by atoms with Crippen molar-refractivity contribution in [2.24, 2.45) is 0 Å². The van der Waals surface area contributed by atoms with Gasteiger partial charge < -0.3 is 20.1 Å². The predicted molar refractivity (Wildman–Crippen MR) is 86.9 cm³/mol. The topological polar surface area (TPSA) is 93.7 Å². The van der Waals surface area contributed by atoms with Crippen molar-refractivity contribution in [3.63, 3.8) is 0 Å². The molecule has 0 saturated heterocycles. The van der Waals surface area contributed by atoms with Gasteiger partial charge in [-0.15, -0.1) is 0 Å². The van der Waals surface area contributed by atoms with Gasteiger partial charge >= 0.3 is 5.97 Å². The van der Waals surface area contributed by atoms with Crippen LogP contribution in [0.1, 0.15) is 17.3 Å². The quantitative estimate of drug-likeness (QED) is 0.510. The van der Waals surface area contributed by atoms with Crippen molar-refractivity contribution in [3.8, 4) is 0 Å². The molecule has 2 N–H and O–H groups in total. The lowest BCUT2D eigenvalue weighted by Crippen LogP contribution is -2.39. The zero-order chi connectivity index (χ0) is 17.2. The molecule has 0 aliphatic rings. The lowest BCUT2D eigenvalue weighted by molar-refractivity contribution is -0.153. The first kappa shape index (κ1) is 19.1. The fraction of sp³-hybridized carbons (Fsp3) is 0.400. The summed E-state index contributed by atoms with van der Waals surface area (Å²) in [6, 6.07) is 6.83. The largest absolute Gasteiger partial charge is 0.451 e. The summed E-state index contributed by atoms with van der Waals surface area (Å²) in [6.45, 7) is 1.83. The van der Waals surface area contributed by atoms with Crippen LogP contribution in [0, 0.1) is 0 Å². The number of methoxy groups -OCH3 is 1. The van der Waals surface area contributed by atoms with Crippen LogP contribution in [0.2, 0.25) is 0 Å². The maximum atomic E-state index is 11.9. The summed E-state index contributed by atoms with van der Waals surface area (Å²) < 4.78 is 10.4. The number of hydrogen-bond donors (Lipinski definition) is 2. The number of carbonyl (C=O) groups is 3. The zero-order valence-corrected chi connectivity index (χ0v) is 14.5. The van der Waals surface area contributed by atoms with E-state index in [-0.39, 0.29) is 6.54 Å². The Hall–Kier alpha value is -1.93. The highest BCUT2D eigenvalue weighted by atomic mass is 79.9. The summed E-state index contributed by atoms with van der Waals surface area (Å²) in [5.41, 5.74) is 0.408. The fourth-order valence-electron chi connectivity index (χ4n) is 1.61. The van der Waals surface area contributed by atoms with E-state index in [4.69, 9.17) is 9.47 Å². The number of amides is 2. The van der Waals surface area contributed by atoms with Gasteiger partial charge in [0.05, 0.1) is 12.2 Å². The molecule has 0 spiro atoms. The second-order valence-corrected chi connectivity index (χ2v) is 5.43. The Balaban J connectivity index is 2.38. The highest BCUT2D eigenvalue weighted by Crippen LogP contribution is 2.15. The van der Waals surface area contributed by atoms with Crippen LogP contribution >= 0.6 is 15.9 Å². The van der Waals surface area contributed by atoms with E-state index < -0.39 is 23.9 Å². The van der Waals surface area contributed by atoms with E-state index >= 15 is 0 Å². The third-order valence-electron chi connectivity index (χ3n) is 2.79. The average Bonchev–Trinajstić information content (AvgIpc) is 2.53. The second kappa shape index (κ2) is 9.96. The summed E-state index contributed by atoms with van der Waals surface area (Å²) in [4.78, 5) is 35.2. The third kappa shape index (κ3) is 6.79. The Morgan fingerprint density at radius 1 is 1.22 bits per heavy atom. The normalized spacial score (nSPS) is 11.4. The molecule has 0 unspecified atom stereocenters. The van der Waals surface area contributed by atoms with Gasteiger partial charge in [-0.3, -0.25) is 14.4 Å². The highest BCUT2D eigenvalue weighted by Gasteiger charge is 2.18. The van der Waals surface area contributed by atoms with Crippen molar-refractivity contribution >= 4 is 33.7 Å². The first-order valence-corrected chi connectivity index (χ1v) is 7.74. The van der Waals surface area contributed by atoms with Gasteiger partial charge in [0, 0.05) is 18.1 Å². The molecule has 126 valence electrons. The van der Waals surface area contributed by atoms with Crippen molar-refractivity contribution in [3.05, 3.63) is 34.3 Å². The molecule has 0 aliphatic heterocycles. The minimum atomic E-state index is -0.945. The number of nitrogens with one attached hydrogen (secondary N) is 2. The molecule has 0 aliphatic carbocycles. The molecular weight excluding hydrogens is 368 g/mol. The molecule has 0 aromatic heterocycles. The average molecular weight is 387 g/mol. The molecule has 0 heterocycles. The summed E-state index contributed by atoms with van der Waals surface area (Å²) >= 11 is 3.25. The maximum absolute atomic E-state index is 11.9. The number of esters is 1. The predicted octanol–water partition coefficient (Wildman–Crippen LogP) is 0.873. The Morgan fingerprint density at radius 3 is 2.57 bits per heavy atom. The van der Waals surface area contributed by atoms with Gasteiger partial charge in [0.2, 0.25) is 0 Å². The molecule has 0 bridgehead atoms. The van der Waals surface area contributed by atoms with Gasteiger partial charge in [-0.2, -0.15) is 0 Å². The Morgan fingerprint density at radius 2 is 1.91 bits per heavy atom. The summed E-state index contributed by atoms with van der Waals surface area (Å²) in [5, 5.41) is 4.99. The van der Waals surface area contributed by atoms with E-state index in [0.29, 0.717) is 23.2 Å². The van der Waals surface area contributed by atoms with Crippen LogP contribution in [-0.2, 0) is 19.1 Å². The van der Waals surface area contributed by atoms with Crippen molar-refractivity contribution in [1.29, 1.82) is 0 Å². The van der Waals surface area contributed by atoms with E-state index in [1.807, 2.05) is 0 Å². The highest BCUT2D eigenvalue weighted by molar-refractivity contribution is 9.10. The molecule has 23 heavy (non-hydrogen) atoms. The van der Waals surface area contributed by atoms with E-state index in [2.05, 4.69) is 26.6 Å². The van der Waals surface area contributed by atoms with Crippen molar-refractivity contribution in [1.82, 2.24) is 10.6 Å². The Kier molecular flexibility index (Phi) is 8.28. The number of rotatable bonds is 8. The first-order valence-electron chi connectivity index (χ1n) is 6.94. The number of hydrogen-bond acceptors (Lipinski definition) is 5. The standard InChI is InChI=1S/C15H19BrN2O5/c1-10(14(20)17-7-8-22-2)23-13(19)9-18-15(21)11-5-3-4-6-12(11)16/h3-6,10H,7-9H2,1-2H3,(H,17,20)(H,18,21)/t10-/m0/s1. The first-order chi connectivity index (χ1) is 11.0. The third-order valence-corrected chi connectivity index (χ3v) is 3.49. The van der Waals surface area contributed by atoms with Gasteiger partial charge in [-0.05, 0) is 35.0 Å². The van der Waals surface area contributed by atoms with E-state index in [1.165, 1.54) is 14.0 Å². The SMILES string of the molecule is COCCNC(=O)[C@H](C)OC(=O)CNC(=O)c1ccccc1Br. The second-order valence-electron chi connectivity index (χ2n) is 4.58. The van der Waals surface area contributed by atoms with Crippen LogP contribution < -0.4 is 10.6 Å². The molecule has 2 amide bonds. The Bertz CT molecular complexity index is 565. The Labute approximate surface area is 142 Å². The lowest BCUT2D eigenvalue weighted by atomic mass is 10.2. The number of carbonyl (C=O) groups excluding carboxylic acids is 3. The maximum Gasteiger partial charge on any atom is 0.326 e. The summed E-state index contributed by atoms with van der Waals surface area (Å²) in [7, 11) is 1.52. The fourth-order valence-corrected chi connectivity index (χ4v) is 2.07. The smallest absolute Gasteiger partial charge is 0.326 e. The van der Waals surface area contributed by atoms with Gasteiger partial charge in [0.1, 0.15) is 6.54 Å². The number of benzene rings is 1. The molecule has 1 aromatic rings. The van der Waals surface area contributed by atoms with Crippen LogP contribution in [0.25, 0.3) is 0 Å². The van der Waals surface area contributed by atoms with Crippen molar-refractivity contribution < 1.29 is 23.9 Å². The molecule has 0 saturated carbocycles. The van der Waals surface area contributed by atoms with Crippen LogP contribution in [0.4, 0.5) is 0 Å². The van der Waals surface area contributed by atoms with Crippen LogP contribution in [-0.4, -0.2) is 50.7 Å². The van der Waals surface area contributed by atoms with E-state index in [0.717, 1.165) is 0 Å². The van der Waals surface area contributed by atoms with Crippen LogP contribution in [0.3, 0.4) is 0 Å². The molecule has 1 atom stereocenters. The van der Waals surface area contributed by atoms with Gasteiger partial charge in [0.15, 0.2) is 6.10 Å². The van der Waals surface area contributed by atoms with Crippen LogP contribution in [0.15, 0.2) is 28.7 Å². The number of ether oxygens (including phenoxy) is 2. The molecule has 1 rings (SSSR count). The number of halogens is 1. The molecule has 1 aromatic carbocycles. The molecular formula is C15H19BrN2O5. The van der Waals surface area contributed by atoms with Crippen LogP contribution in [0.5, 0.6) is 0 Å².